The van der Waals surface area contributed by atoms with Crippen LogP contribution in [0.3, 0.4) is 0 Å². The van der Waals surface area contributed by atoms with Crippen molar-refractivity contribution in [2.24, 2.45) is 0 Å². The monoisotopic (exact) mass is 590 g/mol. The first-order chi connectivity index (χ1) is 18.7. The van der Waals surface area contributed by atoms with Crippen LogP contribution in [0, 0.1) is 0 Å². The quantitative estimate of drug-likeness (QED) is 0.153. The first-order valence-corrected chi connectivity index (χ1v) is 14.3. The van der Waals surface area contributed by atoms with E-state index in [0.717, 1.165) is 36.8 Å². The second-order valence-electron chi connectivity index (χ2n) is 8.91. The van der Waals surface area contributed by atoms with E-state index in [1.165, 1.54) is 36.5 Å². The first-order valence-electron chi connectivity index (χ1n) is 12.7. The van der Waals surface area contributed by atoms with Crippen LogP contribution in [0.25, 0.3) is 17.3 Å². The van der Waals surface area contributed by atoms with E-state index in [4.69, 9.17) is 37.8 Å². The van der Waals surface area contributed by atoms with Gasteiger partial charge in [-0.25, -0.2) is 9.78 Å². The van der Waals surface area contributed by atoms with Gasteiger partial charge in [0.15, 0.2) is 5.13 Å². The molecule has 2 aromatic carbocycles. The summed E-state index contributed by atoms with van der Waals surface area (Å²) in [7, 11) is 1.64. The lowest BCUT2D eigenvalue weighted by Crippen LogP contribution is -2.12. The zero-order chi connectivity index (χ0) is 28.5. The fourth-order valence-corrected chi connectivity index (χ4v) is 5.26. The Morgan fingerprint density at radius 1 is 1.18 bits per heavy atom. The number of nitrogens with one attached hydrogen (secondary N) is 1. The molecule has 0 radical (unpaired) electrons. The van der Waals surface area contributed by atoms with Gasteiger partial charge in [0, 0.05) is 39.8 Å². The largest absolute Gasteiger partial charge is 0.496 e. The summed E-state index contributed by atoms with van der Waals surface area (Å²) in [6, 6.07) is 8.80. The lowest BCUT2D eigenvalue weighted by atomic mass is 9.99. The minimum absolute atomic E-state index is 0.0688. The molecule has 1 aromatic heterocycles. The van der Waals surface area contributed by atoms with Gasteiger partial charge in [-0.05, 0) is 44.0 Å². The molecule has 3 rings (SSSR count). The van der Waals surface area contributed by atoms with Crippen molar-refractivity contribution in [2.45, 2.75) is 52.6 Å². The maximum atomic E-state index is 13.0. The highest BCUT2D eigenvalue weighted by atomic mass is 35.5. The van der Waals surface area contributed by atoms with E-state index >= 15 is 0 Å². The van der Waals surface area contributed by atoms with Crippen molar-refractivity contribution in [3.05, 3.63) is 68.0 Å². The van der Waals surface area contributed by atoms with Crippen LogP contribution in [0.2, 0.25) is 10.0 Å². The fourth-order valence-electron chi connectivity index (χ4n) is 3.95. The average Bonchev–Trinajstić information content (AvgIpc) is 3.37. The van der Waals surface area contributed by atoms with E-state index in [1.54, 1.807) is 7.11 Å². The number of hydrogen-bond acceptors (Lipinski definition) is 6. The Balaban J connectivity index is 1.85. The number of unbranched alkanes of at least 4 members (excludes halogenated alkanes) is 1. The molecule has 0 aliphatic heterocycles. The number of nitrogens with zero attached hydrogens (tertiary/aromatic N) is 1. The van der Waals surface area contributed by atoms with E-state index in [2.05, 4.69) is 24.1 Å². The van der Waals surface area contributed by atoms with Crippen LogP contribution in [-0.2, 0) is 9.53 Å². The number of aromatic nitrogens is 1. The Bertz CT molecular complexity index is 1330. The van der Waals surface area contributed by atoms with Gasteiger partial charge in [-0.2, -0.15) is 0 Å². The number of halogens is 2. The highest BCUT2D eigenvalue weighted by Gasteiger charge is 2.21. The number of anilines is 1. The number of hydrogen-bond donors (Lipinski definition) is 2. The number of carboxylic acids is 1. The maximum Gasteiger partial charge on any atom is 0.331 e. The Morgan fingerprint density at radius 3 is 2.51 bits per heavy atom. The lowest BCUT2D eigenvalue weighted by Gasteiger charge is -2.21. The molecule has 0 fully saturated rings. The van der Waals surface area contributed by atoms with E-state index in [0.29, 0.717) is 28.7 Å². The van der Waals surface area contributed by atoms with Crippen LogP contribution in [0.5, 0.6) is 5.75 Å². The van der Waals surface area contributed by atoms with Gasteiger partial charge in [0.2, 0.25) is 0 Å². The van der Waals surface area contributed by atoms with Gasteiger partial charge in [0.05, 0.1) is 29.0 Å². The van der Waals surface area contributed by atoms with Crippen LogP contribution >= 0.6 is 34.5 Å². The molecule has 2 N–H and O–H groups in total. The molecule has 0 aliphatic carbocycles. The summed E-state index contributed by atoms with van der Waals surface area (Å²) < 4.78 is 12.0. The molecule has 0 unspecified atom stereocenters. The normalized spacial score (nSPS) is 12.3. The molecule has 0 saturated heterocycles. The van der Waals surface area contributed by atoms with Crippen LogP contribution < -0.4 is 10.1 Å². The Kier molecular flexibility index (Phi) is 11.4. The van der Waals surface area contributed by atoms with Crippen molar-refractivity contribution in [1.29, 1.82) is 0 Å². The number of ether oxygens (including phenoxy) is 2. The Labute approximate surface area is 242 Å². The minimum Gasteiger partial charge on any atom is -0.496 e. The van der Waals surface area contributed by atoms with Gasteiger partial charge in [0.1, 0.15) is 5.75 Å². The molecule has 208 valence electrons. The smallest absolute Gasteiger partial charge is 0.331 e. The third kappa shape index (κ3) is 7.82. The van der Waals surface area contributed by atoms with Crippen molar-refractivity contribution in [3.8, 4) is 17.0 Å². The Morgan fingerprint density at radius 2 is 1.90 bits per heavy atom. The SMILES string of the molecule is CCCCO[C@H](CCC)c1cccc(-c2csc(NC(=O)c3cc(Cl)c(/C=C(\C)C(=O)O)c(Cl)c3)n2)c1OC. The van der Waals surface area contributed by atoms with Crippen LogP contribution in [0.4, 0.5) is 5.13 Å². The number of rotatable bonds is 13. The summed E-state index contributed by atoms with van der Waals surface area (Å²) in [5.74, 6) is -0.830. The van der Waals surface area contributed by atoms with Gasteiger partial charge in [-0.15, -0.1) is 11.3 Å². The minimum atomic E-state index is -1.09. The van der Waals surface area contributed by atoms with Crippen molar-refractivity contribution >= 4 is 57.6 Å². The number of benzene rings is 2. The summed E-state index contributed by atoms with van der Waals surface area (Å²) in [6.07, 6.45) is 5.19. The summed E-state index contributed by atoms with van der Waals surface area (Å²) in [5.41, 5.74) is 3.07. The number of methoxy groups -OCH3 is 1. The number of aliphatic carboxylic acids is 1. The standard InChI is InChI=1S/C29H32Cl2N2O5S/c1-5-7-12-38-25(9-6-2)20-11-8-10-19(26(20)37-4)24-16-39-29(32-24)33-27(34)18-14-22(30)21(23(31)15-18)13-17(3)28(35)36/h8,10-11,13-16,25H,5-7,9,12H2,1-4H3,(H,35,36)(H,32,33,34)/b17-13+/t25-/m1/s1. The molecule has 1 amide bonds. The molecule has 0 saturated carbocycles. The van der Waals surface area contributed by atoms with Crippen LogP contribution in [0.15, 0.2) is 41.3 Å². The molecule has 10 heteroatoms. The molecule has 3 aromatic rings. The van der Waals surface area contributed by atoms with Crippen LogP contribution in [-0.4, -0.2) is 35.7 Å². The molecule has 1 heterocycles. The number of para-hydroxylation sites is 1. The number of thiazole rings is 1. The topological polar surface area (TPSA) is 97.8 Å². The molecule has 1 atom stereocenters. The third-order valence-corrected chi connectivity index (χ3v) is 7.39. The predicted octanol–water partition coefficient (Wildman–Crippen LogP) is 8.52. The van der Waals surface area contributed by atoms with Gasteiger partial charge < -0.3 is 14.6 Å². The summed E-state index contributed by atoms with van der Waals surface area (Å²) in [5, 5.41) is 14.5. The van der Waals surface area contributed by atoms with Gasteiger partial charge in [0.25, 0.3) is 5.91 Å². The van der Waals surface area contributed by atoms with Gasteiger partial charge in [-0.3, -0.25) is 10.1 Å². The molecule has 0 spiro atoms. The van der Waals surface area contributed by atoms with Gasteiger partial charge in [-0.1, -0.05) is 62.0 Å². The number of carbonyl (C=O) groups excluding carboxylic acids is 1. The van der Waals surface area contributed by atoms with Crippen LogP contribution in [0.1, 0.15) is 74.0 Å². The molecular weight excluding hydrogens is 559 g/mol. The fraction of sp³-hybridized carbons (Fsp3) is 0.345. The number of carboxylic acid groups (broad SMARTS) is 1. The van der Waals surface area contributed by atoms with E-state index in [9.17, 15) is 9.59 Å². The summed E-state index contributed by atoms with van der Waals surface area (Å²) >= 11 is 13.9. The third-order valence-electron chi connectivity index (χ3n) is 6.00. The van der Waals surface area contributed by atoms with Crippen molar-refractivity contribution in [3.63, 3.8) is 0 Å². The highest BCUT2D eigenvalue weighted by Crippen LogP contribution is 2.40. The molecule has 39 heavy (non-hydrogen) atoms. The summed E-state index contributed by atoms with van der Waals surface area (Å²) in [4.78, 5) is 28.7. The zero-order valence-electron chi connectivity index (χ0n) is 22.3. The van der Waals surface area contributed by atoms with Crippen molar-refractivity contribution < 1.29 is 24.2 Å². The van der Waals surface area contributed by atoms with E-state index < -0.39 is 11.9 Å². The molecular formula is C29H32Cl2N2O5S. The molecule has 0 aliphatic rings. The second-order valence-corrected chi connectivity index (χ2v) is 10.6. The highest BCUT2D eigenvalue weighted by molar-refractivity contribution is 7.14. The molecule has 7 nitrogen and oxygen atoms in total. The maximum absolute atomic E-state index is 13.0. The second kappa shape index (κ2) is 14.5. The zero-order valence-corrected chi connectivity index (χ0v) is 24.7. The summed E-state index contributed by atoms with van der Waals surface area (Å²) in [6.45, 7) is 6.39. The average molecular weight is 592 g/mol. The van der Waals surface area contributed by atoms with E-state index in [1.807, 2.05) is 23.6 Å². The number of carbonyl (C=O) groups is 2. The molecule has 0 bridgehead atoms. The lowest BCUT2D eigenvalue weighted by molar-refractivity contribution is -0.132. The number of amides is 1. The first kappa shape index (κ1) is 30.6. The predicted molar refractivity (Wildman–Crippen MR) is 158 cm³/mol. The van der Waals surface area contributed by atoms with E-state index in [-0.39, 0.29) is 27.3 Å². The van der Waals surface area contributed by atoms with Gasteiger partial charge >= 0.3 is 5.97 Å². The Hall–Kier alpha value is -2.91. The van der Waals surface area contributed by atoms with Crippen molar-refractivity contribution in [2.75, 3.05) is 19.0 Å². The van der Waals surface area contributed by atoms with Crippen molar-refractivity contribution in [1.82, 2.24) is 4.98 Å².